The number of hydrogen-bond donors (Lipinski definition) is 1. The molecular weight excluding hydrogens is 673 g/mol. The minimum atomic E-state index is -1.60. The lowest BCUT2D eigenvalue weighted by Gasteiger charge is -2.38. The maximum atomic E-state index is 14.1. The largest absolute Gasteiger partial charge is 0.466 e. The first-order valence-electron chi connectivity index (χ1n) is 16.4. The first-order valence-corrected chi connectivity index (χ1v) is 18.4. The molecule has 48 heavy (non-hydrogen) atoms. The van der Waals surface area contributed by atoms with E-state index in [0.717, 1.165) is 6.42 Å². The lowest BCUT2D eigenvalue weighted by molar-refractivity contribution is -0.137. The highest BCUT2D eigenvalue weighted by Gasteiger charge is 2.45. The number of hydrogen-bond acceptors (Lipinski definition) is 8. The molecule has 1 amide bonds. The van der Waals surface area contributed by atoms with Crippen LogP contribution in [0.1, 0.15) is 50.0 Å². The molecule has 3 fully saturated rings. The number of carbonyl (C=O) groups excluding carboxylic acids is 3. The molecule has 256 valence electrons. The van der Waals surface area contributed by atoms with Crippen molar-refractivity contribution in [3.63, 3.8) is 0 Å². The lowest BCUT2D eigenvalue weighted by Crippen LogP contribution is -2.42. The Morgan fingerprint density at radius 3 is 2.06 bits per heavy atom. The van der Waals surface area contributed by atoms with E-state index >= 15 is 0 Å². The van der Waals surface area contributed by atoms with Gasteiger partial charge >= 0.3 is 11.9 Å². The third-order valence-corrected chi connectivity index (χ3v) is 12.6. The molecule has 0 aromatic heterocycles. The number of amides is 1. The van der Waals surface area contributed by atoms with Gasteiger partial charge < -0.3 is 24.6 Å². The van der Waals surface area contributed by atoms with E-state index in [-0.39, 0.29) is 56.2 Å². The van der Waals surface area contributed by atoms with Gasteiger partial charge in [0.2, 0.25) is 5.91 Å². The van der Waals surface area contributed by atoms with Crippen LogP contribution in [0.2, 0.25) is 10.0 Å². The first kappa shape index (κ1) is 34.7. The van der Waals surface area contributed by atoms with Crippen molar-refractivity contribution in [1.82, 2.24) is 15.1 Å². The van der Waals surface area contributed by atoms with Crippen LogP contribution in [0.15, 0.2) is 76.0 Å². The molecule has 12 heteroatoms. The minimum Gasteiger partial charge on any atom is -0.466 e. The molecule has 5 atom stereocenters. The van der Waals surface area contributed by atoms with E-state index in [9.17, 15) is 18.6 Å². The van der Waals surface area contributed by atoms with Crippen LogP contribution in [-0.2, 0) is 34.7 Å². The normalized spacial score (nSPS) is 26.4. The number of nitrogens with one attached hydrogen (secondary N) is 1. The minimum absolute atomic E-state index is 0.0199. The van der Waals surface area contributed by atoms with E-state index in [1.165, 1.54) is 39.9 Å². The SMILES string of the molecule is COC(=O)C1=C(CC(=O)N2CCC(C3CC4CCC(C3)N4C)C2)NC(CS(=O)c2ccccc2)=C(C(=O)OC)C1c1c(Cl)cccc1Cl. The average Bonchev–Trinajstić information content (AvgIpc) is 3.64. The van der Waals surface area contributed by atoms with Gasteiger partial charge in [-0.3, -0.25) is 9.00 Å². The summed E-state index contributed by atoms with van der Waals surface area (Å²) < 4.78 is 24.1. The number of dihydropyridines is 1. The van der Waals surface area contributed by atoms with Gasteiger partial charge in [0.15, 0.2) is 0 Å². The Morgan fingerprint density at radius 2 is 1.46 bits per heavy atom. The van der Waals surface area contributed by atoms with Gasteiger partial charge in [-0.05, 0) is 75.3 Å². The first-order chi connectivity index (χ1) is 23.1. The van der Waals surface area contributed by atoms with E-state index in [2.05, 4.69) is 17.3 Å². The topological polar surface area (TPSA) is 105 Å². The van der Waals surface area contributed by atoms with Crippen LogP contribution in [0.4, 0.5) is 0 Å². The summed E-state index contributed by atoms with van der Waals surface area (Å²) in [6.07, 6.45) is 5.62. The molecule has 0 aliphatic carbocycles. The maximum Gasteiger partial charge on any atom is 0.336 e. The van der Waals surface area contributed by atoms with Crippen LogP contribution in [-0.4, -0.2) is 84.0 Å². The van der Waals surface area contributed by atoms with Crippen LogP contribution in [0.3, 0.4) is 0 Å². The third kappa shape index (κ3) is 6.82. The zero-order valence-electron chi connectivity index (χ0n) is 27.4. The van der Waals surface area contributed by atoms with Crippen molar-refractivity contribution in [2.24, 2.45) is 11.8 Å². The molecule has 5 unspecified atom stereocenters. The van der Waals surface area contributed by atoms with Gasteiger partial charge in [0, 0.05) is 57.1 Å². The van der Waals surface area contributed by atoms with Crippen LogP contribution >= 0.6 is 23.2 Å². The number of fused-ring (bicyclic) bond motifs is 2. The van der Waals surface area contributed by atoms with E-state index in [1.807, 2.05) is 11.0 Å². The molecule has 1 N–H and O–H groups in total. The van der Waals surface area contributed by atoms with Crippen LogP contribution in [0, 0.1) is 11.8 Å². The molecule has 2 bridgehead atoms. The van der Waals surface area contributed by atoms with Crippen molar-refractivity contribution < 1.29 is 28.1 Å². The average molecular weight is 715 g/mol. The predicted octanol–water partition coefficient (Wildman–Crippen LogP) is 5.45. The molecule has 2 aromatic rings. The van der Waals surface area contributed by atoms with Gasteiger partial charge in [0.25, 0.3) is 0 Å². The Bertz CT molecular complexity index is 1650. The summed E-state index contributed by atoms with van der Waals surface area (Å²) in [7, 11) is 3.10. The zero-order chi connectivity index (χ0) is 34.1. The molecule has 0 saturated carbocycles. The number of nitrogens with zero attached hydrogens (tertiary/aromatic N) is 2. The molecule has 6 rings (SSSR count). The maximum absolute atomic E-state index is 14.1. The molecule has 4 aliphatic heterocycles. The Hall–Kier alpha value is -3.18. The summed E-state index contributed by atoms with van der Waals surface area (Å²) in [6.45, 7) is 1.31. The number of piperidine rings is 1. The molecule has 0 radical (unpaired) electrons. The van der Waals surface area contributed by atoms with Crippen LogP contribution < -0.4 is 5.32 Å². The second-order valence-corrected chi connectivity index (χ2v) is 15.4. The number of ether oxygens (including phenoxy) is 2. The summed E-state index contributed by atoms with van der Waals surface area (Å²) in [5.74, 6) is -1.91. The standard InChI is InChI=1S/C36H41Cl2N3O6S/c1-40-23-12-13-24(40)17-22(16-23)21-14-15-41(19-21)30(42)18-28-32(35(43)46-2)34(31-26(37)10-7-11-27(31)38)33(36(44)47-3)29(39-28)20-48(45)25-8-5-4-6-9-25/h4-11,21-24,34,39H,12-20H2,1-3H3. The van der Waals surface area contributed by atoms with Crippen LogP contribution in [0.5, 0.6) is 0 Å². The number of halogens is 2. The lowest BCUT2D eigenvalue weighted by atomic mass is 9.79. The number of rotatable bonds is 9. The Labute approximate surface area is 294 Å². The molecular formula is C36H41Cl2N3O6S. The number of esters is 2. The zero-order valence-corrected chi connectivity index (χ0v) is 29.7. The van der Waals surface area contributed by atoms with E-state index in [0.29, 0.717) is 41.9 Å². The van der Waals surface area contributed by atoms with Gasteiger partial charge in [-0.1, -0.05) is 47.5 Å². The Morgan fingerprint density at radius 1 is 0.854 bits per heavy atom. The van der Waals surface area contributed by atoms with Gasteiger partial charge in [-0.25, -0.2) is 9.59 Å². The number of benzene rings is 2. The third-order valence-electron chi connectivity index (χ3n) is 10.6. The smallest absolute Gasteiger partial charge is 0.336 e. The van der Waals surface area contributed by atoms with E-state index < -0.39 is 28.7 Å². The predicted molar refractivity (Wildman–Crippen MR) is 185 cm³/mol. The van der Waals surface area contributed by atoms with Crippen molar-refractivity contribution >= 4 is 51.8 Å². The number of methoxy groups -OCH3 is 2. The highest BCUT2D eigenvalue weighted by atomic mass is 35.5. The van der Waals surface area contributed by atoms with Crippen molar-refractivity contribution in [1.29, 1.82) is 0 Å². The Balaban J connectivity index is 1.36. The molecule has 4 heterocycles. The second-order valence-electron chi connectivity index (χ2n) is 13.1. The number of carbonyl (C=O) groups is 3. The molecule has 0 spiro atoms. The van der Waals surface area contributed by atoms with Crippen LogP contribution in [0.25, 0.3) is 0 Å². The molecule has 2 aromatic carbocycles. The molecule has 3 saturated heterocycles. The van der Waals surface area contributed by atoms with Crippen molar-refractivity contribution in [2.45, 2.75) is 61.4 Å². The van der Waals surface area contributed by atoms with E-state index in [1.54, 1.807) is 42.5 Å². The van der Waals surface area contributed by atoms with E-state index in [4.69, 9.17) is 32.7 Å². The second kappa shape index (κ2) is 14.7. The summed E-state index contributed by atoms with van der Waals surface area (Å²) in [5, 5.41) is 3.62. The highest BCUT2D eigenvalue weighted by Crippen LogP contribution is 2.46. The molecule has 4 aliphatic rings. The van der Waals surface area contributed by atoms with Gasteiger partial charge in [0.05, 0.1) is 54.3 Å². The fourth-order valence-electron chi connectivity index (χ4n) is 8.13. The van der Waals surface area contributed by atoms with Crippen molar-refractivity contribution in [3.8, 4) is 0 Å². The number of likely N-dealkylation sites (tertiary alicyclic amines) is 1. The fourth-order valence-corrected chi connectivity index (χ4v) is 9.86. The fraction of sp³-hybridized carbons (Fsp3) is 0.472. The van der Waals surface area contributed by atoms with Crippen molar-refractivity contribution in [3.05, 3.63) is 86.7 Å². The quantitative estimate of drug-likeness (QED) is 0.342. The van der Waals surface area contributed by atoms with Crippen molar-refractivity contribution in [2.75, 3.05) is 40.1 Å². The van der Waals surface area contributed by atoms with Gasteiger partial charge in [0.1, 0.15) is 0 Å². The highest BCUT2D eigenvalue weighted by molar-refractivity contribution is 7.85. The summed E-state index contributed by atoms with van der Waals surface area (Å²) in [6, 6.07) is 15.0. The Kier molecular flexibility index (Phi) is 10.7. The van der Waals surface area contributed by atoms with Gasteiger partial charge in [-0.2, -0.15) is 0 Å². The van der Waals surface area contributed by atoms with Gasteiger partial charge in [-0.15, -0.1) is 0 Å². The summed E-state index contributed by atoms with van der Waals surface area (Å²) in [4.78, 5) is 46.3. The molecule has 9 nitrogen and oxygen atoms in total. The summed E-state index contributed by atoms with van der Waals surface area (Å²) >= 11 is 13.5. The monoisotopic (exact) mass is 713 g/mol. The summed E-state index contributed by atoms with van der Waals surface area (Å²) in [5.41, 5.74) is 0.835.